The normalized spacial score (nSPS) is 25.1. The van der Waals surface area contributed by atoms with Gasteiger partial charge in [-0.3, -0.25) is 14.4 Å². The molecule has 4 aliphatic heterocycles. The van der Waals surface area contributed by atoms with Crippen molar-refractivity contribution in [3.8, 4) is 132 Å². The molecular formula is C93H84O39. The van der Waals surface area contributed by atoms with Gasteiger partial charge in [-0.25, -0.2) is 9.59 Å². The number of rotatable bonds is 22. The molecule has 2 aromatic heterocycles. The van der Waals surface area contributed by atoms with Crippen molar-refractivity contribution >= 4 is 45.7 Å². The predicted molar refractivity (Wildman–Crippen MR) is 449 cm³/mol. The predicted octanol–water partition coefficient (Wildman–Crippen LogP) is 5.76. The van der Waals surface area contributed by atoms with Gasteiger partial charge in [-0.1, -0.05) is 41.7 Å². The molecule has 690 valence electrons. The Labute approximate surface area is 742 Å². The standard InChI is InChI=1S/C93H84O39/c1-35(2)6-15-44-76(112)89(80(116)73-57(107)30-62(126-86(44)73)38-4-3-5-41(94)21-38)132-91-77(113)45(26-67(111)130-91)59(109)33-122-90-83(119)79(115)65(129-90)34-123-92(120)93(121)31-58(108)78(114)64(32-93)125-66(110)19-8-36-7-18-60(50(100)20-36)124-43-13-9-37(10-14-43)61-29-56(106)68-52(102)27-53(103)71(87(68)127-61)75-72-55(105)28-54(104)70(88(72)131-85(82(75)118)40-12-17-47(97)49(99)23-40)74-69-51(101)24-42(95)25-63(69)128-84(81(74)117)39-11-16-46(96)48(98)22-39/h3-14,16-25,27-30,45,58,64-65,67,74-75,77-79,81-85,90-91,94-105,108,111-119,121H,15,26,31-34H2,1-2H3/b19-8+. The van der Waals surface area contributed by atoms with E-state index >= 15 is 0 Å². The van der Waals surface area contributed by atoms with E-state index in [-0.39, 0.29) is 85.5 Å². The average Bonchev–Trinajstić information content (AvgIpc) is 0.752. The number of ether oxygens (including phenoxy) is 9. The lowest BCUT2D eigenvalue weighted by atomic mass is 9.74. The summed E-state index contributed by atoms with van der Waals surface area (Å²) in [4.78, 5) is 68.9. The number of esters is 2. The van der Waals surface area contributed by atoms with Gasteiger partial charge in [0.15, 0.2) is 93.0 Å². The maximum absolute atomic E-state index is 14.4. The molecule has 0 amide bonds. The minimum absolute atomic E-state index is 0.0150. The maximum Gasteiger partial charge on any atom is 0.338 e. The van der Waals surface area contributed by atoms with E-state index < -0.39 is 290 Å². The quantitative estimate of drug-likeness (QED) is 0.0126. The van der Waals surface area contributed by atoms with Crippen molar-refractivity contribution < 1.29 is 183 Å². The van der Waals surface area contributed by atoms with Crippen molar-refractivity contribution in [2.75, 3.05) is 13.2 Å². The monoisotopic (exact) mass is 1820 g/mol. The molecule has 18 atom stereocenters. The molecule has 1 aliphatic carbocycles. The molecule has 0 bridgehead atoms. The van der Waals surface area contributed by atoms with Gasteiger partial charge in [0.1, 0.15) is 147 Å². The van der Waals surface area contributed by atoms with Gasteiger partial charge < -0.3 is 169 Å². The summed E-state index contributed by atoms with van der Waals surface area (Å²) in [6, 6.07) is 27.3. The molecule has 9 aromatic carbocycles. The van der Waals surface area contributed by atoms with Crippen LogP contribution in [0.15, 0.2) is 176 Å². The fraction of sp³-hybridized carbons (Fsp3) is 0.280. The Morgan fingerprint density at radius 3 is 1.89 bits per heavy atom. The van der Waals surface area contributed by atoms with Gasteiger partial charge in [0.05, 0.1) is 29.4 Å². The maximum atomic E-state index is 14.4. The van der Waals surface area contributed by atoms with E-state index in [1.54, 1.807) is 19.9 Å². The van der Waals surface area contributed by atoms with E-state index in [4.69, 9.17) is 51.5 Å². The van der Waals surface area contributed by atoms with Gasteiger partial charge in [0.2, 0.25) is 12.4 Å². The number of fused-ring (bicyclic) bond motifs is 4. The number of aliphatic hydroxyl groups is 10. The van der Waals surface area contributed by atoms with Crippen molar-refractivity contribution in [1.29, 1.82) is 0 Å². The molecule has 6 heterocycles. The van der Waals surface area contributed by atoms with Crippen molar-refractivity contribution in [3.63, 3.8) is 0 Å². The SMILES string of the molecule is CC(C)=CCc1c([O-])c(OC2OC(O)CC(C(=O)COC3OC(COC(=O)C4(O)CC(O)C(O)C(OC(=O)/C=C/c5ccc(Oc6ccc(-c7cc(=O)c8c(O)cc(O)c(C9c%10c(O)cc(O)c(C%11c%12c(O)cc(O)cc%12OC(c%12ccc(O)c(O)c%12)C%11O)c%10[OH+]C(c%10ccc(O)c(O)c%10)C9O)c8o7)cc6)c(O)c5)C4)C(O)C3O)C2O)c(O)c2c(=O)cc(-c3cccc(O)c3)oc12. The number of aliphatic hydroxyl groups excluding tert-OH is 8. The molecule has 23 N–H and O–H groups in total. The van der Waals surface area contributed by atoms with Crippen LogP contribution in [0.2, 0.25) is 0 Å². The van der Waals surface area contributed by atoms with E-state index in [0.29, 0.717) is 0 Å². The summed E-state index contributed by atoms with van der Waals surface area (Å²) in [7, 11) is 0. The first-order chi connectivity index (χ1) is 62.7. The fourth-order valence-electron chi connectivity index (χ4n) is 17.1. The van der Waals surface area contributed by atoms with E-state index in [2.05, 4.69) is 0 Å². The molecule has 132 heavy (non-hydrogen) atoms. The van der Waals surface area contributed by atoms with Crippen LogP contribution in [0.3, 0.4) is 0 Å². The summed E-state index contributed by atoms with van der Waals surface area (Å²) < 4.78 is 62.1. The average molecular weight is 1830 g/mol. The lowest BCUT2D eigenvalue weighted by Crippen LogP contribution is -2.57. The van der Waals surface area contributed by atoms with Crippen molar-refractivity contribution in [2.45, 2.75) is 143 Å². The van der Waals surface area contributed by atoms with E-state index in [0.717, 1.165) is 84.5 Å². The van der Waals surface area contributed by atoms with E-state index in [1.165, 1.54) is 72.8 Å². The van der Waals surface area contributed by atoms with Crippen LogP contribution < -0.4 is 30.2 Å². The number of Topliss-reactive ketones (excluding diaryl/α,β-unsaturated/α-hetero) is 1. The number of benzene rings is 9. The highest BCUT2D eigenvalue weighted by Gasteiger charge is 2.56. The summed E-state index contributed by atoms with van der Waals surface area (Å²) in [6.07, 6.45) is -25.0. The lowest BCUT2D eigenvalue weighted by molar-refractivity contribution is -0.288. The summed E-state index contributed by atoms with van der Waals surface area (Å²) in [5, 5.41) is 261. The summed E-state index contributed by atoms with van der Waals surface area (Å²) in [6.45, 7) is 1.50. The summed E-state index contributed by atoms with van der Waals surface area (Å²) >= 11 is 0. The minimum atomic E-state index is -2.70. The summed E-state index contributed by atoms with van der Waals surface area (Å²) in [5.41, 5.74) is -6.02. The second kappa shape index (κ2) is 35.7. The Hall–Kier alpha value is -14.6. The third-order valence-electron chi connectivity index (χ3n) is 23.6. The third kappa shape index (κ3) is 17.2. The van der Waals surface area contributed by atoms with Crippen LogP contribution in [-0.4, -0.2) is 227 Å². The van der Waals surface area contributed by atoms with Gasteiger partial charge in [0.25, 0.3) is 5.75 Å². The molecule has 39 nitrogen and oxygen atoms in total. The Kier molecular flexibility index (Phi) is 24.5. The molecular weight excluding hydrogens is 1740 g/mol. The van der Waals surface area contributed by atoms with Gasteiger partial charge in [0, 0.05) is 89.6 Å². The van der Waals surface area contributed by atoms with Crippen LogP contribution in [0.5, 0.6) is 109 Å². The first-order valence-electron chi connectivity index (χ1n) is 40.7. The Morgan fingerprint density at radius 1 is 0.568 bits per heavy atom. The molecule has 3 fully saturated rings. The third-order valence-corrected chi connectivity index (χ3v) is 23.6. The second-order valence-electron chi connectivity index (χ2n) is 32.7. The first kappa shape index (κ1) is 90.7. The number of carbonyl (C=O) groups excluding carboxylic acids is 3. The number of phenols is 13. The molecule has 18 unspecified atom stereocenters. The lowest BCUT2D eigenvalue weighted by Gasteiger charge is -2.40. The highest BCUT2D eigenvalue weighted by atomic mass is 16.7. The number of carbonyl (C=O) groups is 3. The second-order valence-corrected chi connectivity index (χ2v) is 32.7. The van der Waals surface area contributed by atoms with E-state index in [9.17, 15) is 141 Å². The van der Waals surface area contributed by atoms with Crippen LogP contribution in [0.25, 0.3) is 50.7 Å². The van der Waals surface area contributed by atoms with E-state index in [1.807, 2.05) is 0 Å². The van der Waals surface area contributed by atoms with Crippen LogP contribution >= 0.6 is 0 Å². The number of aromatic hydroxyl groups is 14. The molecule has 1 saturated carbocycles. The molecule has 39 heteroatoms. The van der Waals surface area contributed by atoms with Crippen molar-refractivity contribution in [3.05, 3.63) is 222 Å². The molecule has 0 spiro atoms. The number of allylic oxidation sites excluding steroid dienone is 2. The zero-order valence-corrected chi connectivity index (χ0v) is 68.9. The minimum Gasteiger partial charge on any atom is -0.870 e. The van der Waals surface area contributed by atoms with Crippen molar-refractivity contribution in [1.82, 2.24) is 0 Å². The van der Waals surface area contributed by atoms with Gasteiger partial charge in [-0.15, -0.1) is 0 Å². The zero-order valence-electron chi connectivity index (χ0n) is 68.9. The number of hydrogen-bond donors (Lipinski definition) is 22. The first-order valence-corrected chi connectivity index (χ1v) is 40.7. The molecule has 16 rings (SSSR count). The van der Waals surface area contributed by atoms with Crippen LogP contribution in [0.4, 0.5) is 0 Å². The number of ketones is 1. The summed E-state index contributed by atoms with van der Waals surface area (Å²) in [5.74, 6) is -20.8. The highest BCUT2D eigenvalue weighted by Crippen LogP contribution is 2.62. The van der Waals surface area contributed by atoms with Crippen LogP contribution in [0, 0.1) is 5.92 Å². The van der Waals surface area contributed by atoms with Crippen LogP contribution in [-0.2, 0) is 44.5 Å². The Balaban J connectivity index is 0.567. The topological polar surface area (TPSA) is 666 Å². The molecule has 2 saturated heterocycles. The zero-order chi connectivity index (χ0) is 94.4. The van der Waals surface area contributed by atoms with Gasteiger partial charge in [-0.05, 0) is 122 Å². The van der Waals surface area contributed by atoms with Gasteiger partial charge in [-0.2, -0.15) is 0 Å². The fourth-order valence-corrected chi connectivity index (χ4v) is 17.1. The smallest absolute Gasteiger partial charge is 0.338 e. The molecule has 11 aromatic rings. The van der Waals surface area contributed by atoms with Gasteiger partial charge >= 0.3 is 11.9 Å². The number of hydrogen-bond acceptors (Lipinski definition) is 38. The largest absolute Gasteiger partial charge is 0.870 e. The molecule has 5 aliphatic rings. The highest BCUT2D eigenvalue weighted by molar-refractivity contribution is 5.94. The molecule has 0 radical (unpaired) electrons. The number of phenolic OH excluding ortho intramolecular Hbond substituents is 13. The van der Waals surface area contributed by atoms with Crippen molar-refractivity contribution in [2.24, 2.45) is 5.92 Å². The van der Waals surface area contributed by atoms with Crippen LogP contribution in [0.1, 0.15) is 102 Å². The Bertz CT molecular complexity index is 6590. The Morgan fingerprint density at radius 2 is 1.21 bits per heavy atom.